The van der Waals surface area contributed by atoms with Crippen LogP contribution in [0.3, 0.4) is 0 Å². The zero-order chi connectivity index (χ0) is 22.9. The monoisotopic (exact) mass is 430 g/mol. The average Bonchev–Trinajstić information content (AvgIpc) is 2.68. The molecule has 0 spiro atoms. The van der Waals surface area contributed by atoms with Crippen LogP contribution in [0.5, 0.6) is 5.75 Å². The van der Waals surface area contributed by atoms with E-state index in [0.29, 0.717) is 23.1 Å². The van der Waals surface area contributed by atoms with E-state index < -0.39 is 35.4 Å². The van der Waals surface area contributed by atoms with Gasteiger partial charge in [-0.15, -0.1) is 0 Å². The van der Waals surface area contributed by atoms with E-state index in [-0.39, 0.29) is 23.8 Å². The van der Waals surface area contributed by atoms with Crippen molar-refractivity contribution in [1.29, 1.82) is 0 Å². The van der Waals surface area contributed by atoms with Gasteiger partial charge in [-0.1, -0.05) is 27.7 Å². The summed E-state index contributed by atoms with van der Waals surface area (Å²) in [5.74, 6) is -0.650. The molecule has 168 valence electrons. The molecule has 1 aliphatic rings. The molecule has 0 N–H and O–H groups in total. The van der Waals surface area contributed by atoms with Crippen LogP contribution in [0.4, 0.5) is 0 Å². The summed E-state index contributed by atoms with van der Waals surface area (Å²) in [4.78, 5) is 37.3. The average molecular weight is 430 g/mol. The third kappa shape index (κ3) is 4.75. The standard InChI is InChI=1S/C24H30O7/c1-7-14(4)23(27)30-21-19-16(10-8-15-9-11-17(25)28-20(15)19)31-24(5,6)22(21)29-18(26)12-13(2)3/h8-11,13-14,21-22H,7,12H2,1-6H3/t14?,21-,22-/m0/s1. The third-order valence-electron chi connectivity index (χ3n) is 5.50. The lowest BCUT2D eigenvalue weighted by atomic mass is 9.87. The van der Waals surface area contributed by atoms with Crippen LogP contribution in [-0.4, -0.2) is 23.6 Å². The first kappa shape index (κ1) is 22.8. The maximum absolute atomic E-state index is 12.8. The number of hydrogen-bond acceptors (Lipinski definition) is 7. The molecular formula is C24H30O7. The minimum atomic E-state index is -0.983. The molecule has 31 heavy (non-hydrogen) atoms. The Bertz CT molecular complexity index is 1030. The Morgan fingerprint density at radius 1 is 1.10 bits per heavy atom. The van der Waals surface area contributed by atoms with Crippen LogP contribution in [0.25, 0.3) is 11.0 Å². The van der Waals surface area contributed by atoms with Crippen LogP contribution >= 0.6 is 0 Å². The normalized spacial score (nSPS) is 20.6. The number of carbonyl (C=O) groups excluding carboxylic acids is 2. The molecule has 0 fully saturated rings. The zero-order valence-electron chi connectivity index (χ0n) is 18.9. The second-order valence-electron chi connectivity index (χ2n) is 9.03. The van der Waals surface area contributed by atoms with E-state index in [1.165, 1.54) is 6.07 Å². The Morgan fingerprint density at radius 3 is 2.42 bits per heavy atom. The molecule has 0 aliphatic carbocycles. The van der Waals surface area contributed by atoms with Gasteiger partial charge in [0.15, 0.2) is 12.2 Å². The van der Waals surface area contributed by atoms with E-state index in [0.717, 1.165) is 0 Å². The van der Waals surface area contributed by atoms with Crippen LogP contribution in [0.2, 0.25) is 0 Å². The summed E-state index contributed by atoms with van der Waals surface area (Å²) in [7, 11) is 0. The van der Waals surface area contributed by atoms with Gasteiger partial charge < -0.3 is 18.6 Å². The van der Waals surface area contributed by atoms with Gasteiger partial charge in [-0.3, -0.25) is 9.59 Å². The van der Waals surface area contributed by atoms with Gasteiger partial charge in [0.1, 0.15) is 16.9 Å². The highest BCUT2D eigenvalue weighted by atomic mass is 16.6. The molecular weight excluding hydrogens is 400 g/mol. The predicted octanol–water partition coefficient (Wildman–Crippen LogP) is 4.55. The number of fused-ring (bicyclic) bond motifs is 3. The molecule has 1 aromatic heterocycles. The summed E-state index contributed by atoms with van der Waals surface area (Å²) in [5.41, 5.74) is -0.866. The van der Waals surface area contributed by atoms with Crippen molar-refractivity contribution in [3.05, 3.63) is 40.2 Å². The molecule has 3 rings (SSSR count). The van der Waals surface area contributed by atoms with Gasteiger partial charge in [-0.25, -0.2) is 4.79 Å². The van der Waals surface area contributed by atoms with E-state index in [1.807, 2.05) is 20.8 Å². The fraction of sp³-hybridized carbons (Fsp3) is 0.542. The second kappa shape index (κ2) is 8.73. The smallest absolute Gasteiger partial charge is 0.336 e. The minimum Gasteiger partial charge on any atom is -0.483 e. The molecule has 1 aliphatic heterocycles. The Hall–Kier alpha value is -2.83. The summed E-state index contributed by atoms with van der Waals surface area (Å²) in [6, 6.07) is 6.47. The Balaban J connectivity index is 2.16. The molecule has 7 nitrogen and oxygen atoms in total. The van der Waals surface area contributed by atoms with Crippen LogP contribution in [0.1, 0.15) is 66.1 Å². The maximum atomic E-state index is 12.8. The van der Waals surface area contributed by atoms with Gasteiger partial charge in [0.05, 0.1) is 11.5 Å². The van der Waals surface area contributed by atoms with Crippen LogP contribution in [0, 0.1) is 11.8 Å². The van der Waals surface area contributed by atoms with Gasteiger partial charge in [0.2, 0.25) is 0 Å². The summed E-state index contributed by atoms with van der Waals surface area (Å²) in [5, 5.41) is 0.651. The number of esters is 2. The van der Waals surface area contributed by atoms with Crippen LogP contribution < -0.4 is 10.4 Å². The number of benzene rings is 1. The first-order valence-corrected chi connectivity index (χ1v) is 10.7. The van der Waals surface area contributed by atoms with Gasteiger partial charge in [-0.05, 0) is 44.4 Å². The molecule has 0 saturated carbocycles. The third-order valence-corrected chi connectivity index (χ3v) is 5.50. The molecule has 0 saturated heterocycles. The van der Waals surface area contributed by atoms with E-state index >= 15 is 0 Å². The topological polar surface area (TPSA) is 92.0 Å². The van der Waals surface area contributed by atoms with Gasteiger partial charge in [0.25, 0.3) is 0 Å². The SMILES string of the molecule is CCC(C)C(=O)O[C@H]1c2c(ccc3ccc(=O)oc23)OC(C)(C)[C@H]1OC(=O)CC(C)C. The quantitative estimate of drug-likeness (QED) is 0.490. The lowest BCUT2D eigenvalue weighted by Gasteiger charge is -2.43. The number of hydrogen-bond donors (Lipinski definition) is 0. The number of ether oxygens (including phenoxy) is 3. The van der Waals surface area contributed by atoms with E-state index in [4.69, 9.17) is 18.6 Å². The molecule has 0 bridgehead atoms. The van der Waals surface area contributed by atoms with Crippen molar-refractivity contribution in [2.75, 3.05) is 0 Å². The first-order valence-electron chi connectivity index (χ1n) is 10.7. The molecule has 3 atom stereocenters. The van der Waals surface area contributed by atoms with Crippen molar-refractivity contribution in [1.82, 2.24) is 0 Å². The van der Waals surface area contributed by atoms with Gasteiger partial charge in [0, 0.05) is 17.9 Å². The van der Waals surface area contributed by atoms with Crippen molar-refractivity contribution < 1.29 is 28.2 Å². The summed E-state index contributed by atoms with van der Waals surface area (Å²) in [6.07, 6.45) is -1.09. The van der Waals surface area contributed by atoms with Gasteiger partial charge in [-0.2, -0.15) is 0 Å². The molecule has 7 heteroatoms. The highest BCUT2D eigenvalue weighted by molar-refractivity contribution is 5.84. The second-order valence-corrected chi connectivity index (χ2v) is 9.03. The van der Waals surface area contributed by atoms with Crippen LogP contribution in [-0.2, 0) is 19.1 Å². The fourth-order valence-corrected chi connectivity index (χ4v) is 3.61. The van der Waals surface area contributed by atoms with Crippen molar-refractivity contribution in [2.24, 2.45) is 11.8 Å². The van der Waals surface area contributed by atoms with Crippen molar-refractivity contribution in [3.63, 3.8) is 0 Å². The molecule has 1 aromatic carbocycles. The van der Waals surface area contributed by atoms with E-state index in [1.54, 1.807) is 39.0 Å². The number of rotatable bonds is 6. The Labute approximate surface area is 181 Å². The molecule has 1 unspecified atom stereocenters. The molecule has 0 amide bonds. The lowest BCUT2D eigenvalue weighted by molar-refractivity contribution is -0.192. The van der Waals surface area contributed by atoms with E-state index in [9.17, 15) is 14.4 Å². The summed E-state index contributed by atoms with van der Waals surface area (Å²) in [6.45, 7) is 11.1. The largest absolute Gasteiger partial charge is 0.483 e. The van der Waals surface area contributed by atoms with Gasteiger partial charge >= 0.3 is 17.6 Å². The first-order chi connectivity index (χ1) is 14.5. The number of carbonyl (C=O) groups is 2. The fourth-order valence-electron chi connectivity index (χ4n) is 3.61. The highest BCUT2D eigenvalue weighted by Gasteiger charge is 2.50. The molecule has 2 heterocycles. The zero-order valence-corrected chi connectivity index (χ0v) is 18.9. The lowest BCUT2D eigenvalue weighted by Crippen LogP contribution is -2.52. The highest BCUT2D eigenvalue weighted by Crippen LogP contribution is 2.46. The maximum Gasteiger partial charge on any atom is 0.336 e. The molecule has 2 aromatic rings. The van der Waals surface area contributed by atoms with Crippen molar-refractivity contribution in [3.8, 4) is 5.75 Å². The Morgan fingerprint density at radius 2 is 1.77 bits per heavy atom. The van der Waals surface area contributed by atoms with E-state index in [2.05, 4.69) is 0 Å². The molecule has 0 radical (unpaired) electrons. The summed E-state index contributed by atoms with van der Waals surface area (Å²) >= 11 is 0. The minimum absolute atomic E-state index is 0.104. The Kier molecular flexibility index (Phi) is 6.43. The summed E-state index contributed by atoms with van der Waals surface area (Å²) < 4.78 is 23.4. The van der Waals surface area contributed by atoms with Crippen LogP contribution in [0.15, 0.2) is 33.5 Å². The predicted molar refractivity (Wildman–Crippen MR) is 115 cm³/mol. The van der Waals surface area contributed by atoms with Crippen molar-refractivity contribution in [2.45, 2.75) is 72.2 Å². The van der Waals surface area contributed by atoms with Crippen molar-refractivity contribution >= 4 is 22.9 Å².